The van der Waals surface area contributed by atoms with E-state index >= 15 is 0 Å². The minimum absolute atomic E-state index is 0.0144. The molecular weight excluding hydrogens is 436 g/mol. The highest BCUT2D eigenvalue weighted by molar-refractivity contribution is 8.14. The fraction of sp³-hybridized carbons (Fsp3) is 0.261. The quantitative estimate of drug-likeness (QED) is 0.530. The number of carbonyl (C=O) groups is 2. The summed E-state index contributed by atoms with van der Waals surface area (Å²) in [4.78, 5) is 32.8. The van der Waals surface area contributed by atoms with Crippen LogP contribution in [-0.4, -0.2) is 43.3 Å². The number of nitrogens with zero attached hydrogens (tertiary/aromatic N) is 3. The highest BCUT2D eigenvalue weighted by Gasteiger charge is 2.32. The topological polar surface area (TPSA) is 62.2 Å². The summed E-state index contributed by atoms with van der Waals surface area (Å²) in [7, 11) is 3.88. The van der Waals surface area contributed by atoms with E-state index in [9.17, 15) is 18.4 Å². The van der Waals surface area contributed by atoms with E-state index in [2.05, 4.69) is 9.73 Å². The Labute approximate surface area is 189 Å². The SMILES string of the molecule is CCC(=O)CSC1=N/C(=C/c2ccc(N(C)C)cc2)C(=O)N1c1ccc(OC(F)F)cc1. The number of carbonyl (C=O) groups excluding carboxylic acids is 2. The molecule has 0 unspecified atom stereocenters. The number of halogens is 2. The summed E-state index contributed by atoms with van der Waals surface area (Å²) in [5.41, 5.74) is 2.50. The number of amides is 1. The predicted octanol–water partition coefficient (Wildman–Crippen LogP) is 4.81. The second kappa shape index (κ2) is 10.4. The molecule has 0 aliphatic carbocycles. The number of aliphatic imine (C=N–C) groups is 1. The van der Waals surface area contributed by atoms with E-state index in [-0.39, 0.29) is 28.9 Å². The molecule has 3 rings (SSSR count). The lowest BCUT2D eigenvalue weighted by Crippen LogP contribution is -2.30. The van der Waals surface area contributed by atoms with E-state index in [1.807, 2.05) is 43.3 Å². The monoisotopic (exact) mass is 459 g/mol. The number of hydrogen-bond donors (Lipinski definition) is 0. The first-order valence-electron chi connectivity index (χ1n) is 9.90. The number of ketones is 1. The summed E-state index contributed by atoms with van der Waals surface area (Å²) in [6, 6.07) is 13.4. The predicted molar refractivity (Wildman–Crippen MR) is 124 cm³/mol. The van der Waals surface area contributed by atoms with Gasteiger partial charge in [-0.15, -0.1) is 0 Å². The molecule has 0 fully saturated rings. The van der Waals surface area contributed by atoms with Gasteiger partial charge < -0.3 is 9.64 Å². The molecule has 0 N–H and O–H groups in total. The Morgan fingerprint density at radius 1 is 1.16 bits per heavy atom. The van der Waals surface area contributed by atoms with Crippen LogP contribution in [0.1, 0.15) is 18.9 Å². The van der Waals surface area contributed by atoms with Gasteiger partial charge >= 0.3 is 6.61 Å². The molecule has 1 amide bonds. The summed E-state index contributed by atoms with van der Waals surface area (Å²) < 4.78 is 29.2. The molecule has 0 aromatic heterocycles. The number of ether oxygens (including phenoxy) is 1. The summed E-state index contributed by atoms with van der Waals surface area (Å²) >= 11 is 1.17. The first-order valence-corrected chi connectivity index (χ1v) is 10.9. The van der Waals surface area contributed by atoms with Crippen LogP contribution >= 0.6 is 11.8 Å². The van der Waals surface area contributed by atoms with E-state index in [1.54, 1.807) is 13.0 Å². The molecule has 0 bridgehead atoms. The molecule has 1 aliphatic heterocycles. The van der Waals surface area contributed by atoms with Gasteiger partial charge in [-0.05, 0) is 48.0 Å². The summed E-state index contributed by atoms with van der Waals surface area (Å²) in [5, 5.41) is 0.357. The Bertz CT molecular complexity index is 1040. The average molecular weight is 460 g/mol. The third-order valence-electron chi connectivity index (χ3n) is 4.62. The van der Waals surface area contributed by atoms with Crippen molar-refractivity contribution in [2.75, 3.05) is 29.6 Å². The maximum Gasteiger partial charge on any atom is 0.387 e. The van der Waals surface area contributed by atoms with Crippen LogP contribution in [0.2, 0.25) is 0 Å². The smallest absolute Gasteiger partial charge is 0.387 e. The zero-order chi connectivity index (χ0) is 23.3. The van der Waals surface area contributed by atoms with Crippen molar-refractivity contribution in [3.63, 3.8) is 0 Å². The maximum atomic E-state index is 13.2. The molecule has 0 atom stereocenters. The third-order valence-corrected chi connectivity index (χ3v) is 5.62. The van der Waals surface area contributed by atoms with Crippen molar-refractivity contribution in [3.8, 4) is 5.75 Å². The van der Waals surface area contributed by atoms with E-state index in [0.717, 1.165) is 11.3 Å². The van der Waals surface area contributed by atoms with Crippen LogP contribution in [0.4, 0.5) is 20.2 Å². The van der Waals surface area contributed by atoms with Gasteiger partial charge in [-0.25, -0.2) is 4.99 Å². The van der Waals surface area contributed by atoms with Crippen molar-refractivity contribution < 1.29 is 23.1 Å². The van der Waals surface area contributed by atoms with Crippen molar-refractivity contribution >= 4 is 46.1 Å². The van der Waals surface area contributed by atoms with Crippen molar-refractivity contribution in [2.24, 2.45) is 4.99 Å². The van der Waals surface area contributed by atoms with E-state index in [0.29, 0.717) is 17.3 Å². The largest absolute Gasteiger partial charge is 0.435 e. The summed E-state index contributed by atoms with van der Waals surface area (Å²) in [6.07, 6.45) is 2.06. The van der Waals surface area contributed by atoms with Crippen LogP contribution in [0.15, 0.2) is 59.2 Å². The third kappa shape index (κ3) is 5.73. The van der Waals surface area contributed by atoms with Gasteiger partial charge in [0.25, 0.3) is 5.91 Å². The Morgan fingerprint density at radius 3 is 2.38 bits per heavy atom. The number of amidine groups is 1. The summed E-state index contributed by atoms with van der Waals surface area (Å²) in [6.45, 7) is -1.16. The van der Waals surface area contributed by atoms with Gasteiger partial charge in [0.2, 0.25) is 0 Å². The van der Waals surface area contributed by atoms with E-state index < -0.39 is 6.61 Å². The van der Waals surface area contributed by atoms with Gasteiger partial charge in [0.1, 0.15) is 17.2 Å². The van der Waals surface area contributed by atoms with Gasteiger partial charge in [-0.2, -0.15) is 8.78 Å². The zero-order valence-corrected chi connectivity index (χ0v) is 18.7. The maximum absolute atomic E-state index is 13.2. The van der Waals surface area contributed by atoms with Crippen LogP contribution in [0.25, 0.3) is 6.08 Å². The Kier molecular flexibility index (Phi) is 7.63. The van der Waals surface area contributed by atoms with Gasteiger partial charge in [-0.3, -0.25) is 14.5 Å². The van der Waals surface area contributed by atoms with Gasteiger partial charge in [0.15, 0.2) is 5.17 Å². The van der Waals surface area contributed by atoms with Gasteiger partial charge in [0.05, 0.1) is 11.4 Å². The molecule has 168 valence electrons. The fourth-order valence-corrected chi connectivity index (χ4v) is 3.85. The number of rotatable bonds is 8. The number of alkyl halides is 2. The lowest BCUT2D eigenvalue weighted by atomic mass is 10.1. The standard InChI is InChI=1S/C23H23F2N3O3S/c1-4-18(29)14-32-23-26-20(13-15-5-7-16(8-6-15)27(2)3)21(30)28(23)17-9-11-19(12-10-17)31-22(24)25/h5-13,22H,4,14H2,1-3H3/b20-13+. The number of thioether (sulfide) groups is 1. The highest BCUT2D eigenvalue weighted by Crippen LogP contribution is 2.31. The second-order valence-electron chi connectivity index (χ2n) is 7.10. The number of Topliss-reactive ketones (excluding diaryl/α,β-unsaturated/α-hetero) is 1. The molecule has 0 radical (unpaired) electrons. The average Bonchev–Trinajstić information content (AvgIpc) is 3.07. The molecule has 0 saturated heterocycles. The Balaban J connectivity index is 1.90. The van der Waals surface area contributed by atoms with Gasteiger partial charge in [0, 0.05) is 26.2 Å². The van der Waals surface area contributed by atoms with Crippen LogP contribution in [0, 0.1) is 0 Å². The second-order valence-corrected chi connectivity index (χ2v) is 8.05. The summed E-state index contributed by atoms with van der Waals surface area (Å²) in [5.74, 6) is -0.172. The van der Waals surface area contributed by atoms with Crippen molar-refractivity contribution in [1.29, 1.82) is 0 Å². The van der Waals surface area contributed by atoms with Crippen LogP contribution < -0.4 is 14.5 Å². The highest BCUT2D eigenvalue weighted by atomic mass is 32.2. The van der Waals surface area contributed by atoms with Crippen LogP contribution in [0.5, 0.6) is 5.75 Å². The molecule has 2 aromatic rings. The molecule has 32 heavy (non-hydrogen) atoms. The molecule has 9 heteroatoms. The normalized spacial score (nSPS) is 14.8. The molecule has 2 aromatic carbocycles. The van der Waals surface area contributed by atoms with Crippen LogP contribution in [0.3, 0.4) is 0 Å². The van der Waals surface area contributed by atoms with E-state index in [4.69, 9.17) is 0 Å². The molecule has 0 spiro atoms. The molecule has 1 aliphatic rings. The number of hydrogen-bond acceptors (Lipinski definition) is 6. The first-order chi connectivity index (χ1) is 15.3. The lowest BCUT2D eigenvalue weighted by molar-refractivity contribution is -0.116. The van der Waals surface area contributed by atoms with Crippen molar-refractivity contribution in [1.82, 2.24) is 0 Å². The molecule has 0 saturated carbocycles. The lowest BCUT2D eigenvalue weighted by Gasteiger charge is -2.18. The van der Waals surface area contributed by atoms with Crippen molar-refractivity contribution in [2.45, 2.75) is 20.0 Å². The van der Waals surface area contributed by atoms with Crippen molar-refractivity contribution in [3.05, 3.63) is 59.8 Å². The minimum Gasteiger partial charge on any atom is -0.435 e. The minimum atomic E-state index is -2.93. The Hall–Kier alpha value is -3.20. The molecular formula is C23H23F2N3O3S. The zero-order valence-electron chi connectivity index (χ0n) is 17.9. The van der Waals surface area contributed by atoms with E-state index in [1.165, 1.54) is 40.9 Å². The fourth-order valence-electron chi connectivity index (χ4n) is 2.87. The number of benzene rings is 2. The molecule has 1 heterocycles. The molecule has 6 nitrogen and oxygen atoms in total. The Morgan fingerprint density at radius 2 is 1.81 bits per heavy atom. The van der Waals surface area contributed by atoms with Crippen LogP contribution in [-0.2, 0) is 9.59 Å². The first kappa shape index (κ1) is 23.5. The number of anilines is 2. The van der Waals surface area contributed by atoms with Gasteiger partial charge in [-0.1, -0.05) is 30.8 Å².